The van der Waals surface area contributed by atoms with Crippen LogP contribution in [0.5, 0.6) is 0 Å². The highest BCUT2D eigenvalue weighted by Crippen LogP contribution is 2.05. The highest BCUT2D eigenvalue weighted by molar-refractivity contribution is 5.31. The highest BCUT2D eigenvalue weighted by atomic mass is 16.5. The minimum Gasteiger partial charge on any atom is -0.497 e. The molecule has 0 fully saturated rings. The maximum absolute atomic E-state index is 5.02. The number of allylic oxidation sites excluding steroid dienone is 5. The van der Waals surface area contributed by atoms with Crippen molar-refractivity contribution in [3.05, 3.63) is 48.8 Å². The van der Waals surface area contributed by atoms with Gasteiger partial charge >= 0.3 is 0 Å². The molecule has 1 aliphatic heterocycles. The smallest absolute Gasteiger partial charge is 0.106 e. The minimum atomic E-state index is 0.692. The molecule has 1 heteroatoms. The van der Waals surface area contributed by atoms with Crippen LogP contribution in [0.4, 0.5) is 0 Å². The topological polar surface area (TPSA) is 9.23 Å². The van der Waals surface area contributed by atoms with Gasteiger partial charge < -0.3 is 4.74 Å². The summed E-state index contributed by atoms with van der Waals surface area (Å²) in [5.74, 6) is 0. The Labute approximate surface area is 73.7 Å². The lowest BCUT2D eigenvalue weighted by molar-refractivity contribution is 0.285. The van der Waals surface area contributed by atoms with Gasteiger partial charge in [-0.3, -0.25) is 0 Å². The van der Waals surface area contributed by atoms with Crippen molar-refractivity contribution in [2.75, 3.05) is 6.61 Å². The van der Waals surface area contributed by atoms with Gasteiger partial charge in [0.25, 0.3) is 0 Å². The third-order valence-corrected chi connectivity index (χ3v) is 1.62. The molecule has 0 unspecified atom stereocenters. The Morgan fingerprint density at radius 2 is 2.42 bits per heavy atom. The molecule has 0 aromatic rings. The second-order valence-corrected chi connectivity index (χ2v) is 2.61. The van der Waals surface area contributed by atoms with Gasteiger partial charge in [-0.2, -0.15) is 0 Å². The molecule has 0 aromatic carbocycles. The zero-order chi connectivity index (χ0) is 8.65. The molecule has 1 rings (SSSR count). The summed E-state index contributed by atoms with van der Waals surface area (Å²) in [5, 5.41) is 0. The van der Waals surface area contributed by atoms with Crippen molar-refractivity contribution < 1.29 is 4.74 Å². The first-order valence-electron chi connectivity index (χ1n) is 4.19. The first kappa shape index (κ1) is 8.85. The van der Waals surface area contributed by atoms with E-state index in [2.05, 4.69) is 24.8 Å². The molecular formula is C11H14O. The van der Waals surface area contributed by atoms with Crippen molar-refractivity contribution in [2.24, 2.45) is 0 Å². The number of hydrogen-bond acceptors (Lipinski definition) is 1. The summed E-state index contributed by atoms with van der Waals surface area (Å²) in [5.41, 5.74) is 1.23. The van der Waals surface area contributed by atoms with Gasteiger partial charge in [0.15, 0.2) is 0 Å². The van der Waals surface area contributed by atoms with Gasteiger partial charge in [-0.25, -0.2) is 0 Å². The molecule has 0 atom stereocenters. The van der Waals surface area contributed by atoms with Crippen LogP contribution in [0, 0.1) is 0 Å². The summed E-state index contributed by atoms with van der Waals surface area (Å²) < 4.78 is 5.02. The average Bonchev–Trinajstić information content (AvgIpc) is 2.14. The first-order chi connectivity index (χ1) is 5.93. The second-order valence-electron chi connectivity index (χ2n) is 2.61. The lowest BCUT2D eigenvalue weighted by Gasteiger charge is -2.02. The lowest BCUT2D eigenvalue weighted by atomic mass is 10.2. The van der Waals surface area contributed by atoms with Crippen molar-refractivity contribution in [1.82, 2.24) is 0 Å². The molecule has 12 heavy (non-hydrogen) atoms. The Hall–Kier alpha value is -1.24. The van der Waals surface area contributed by atoms with Crippen LogP contribution >= 0.6 is 0 Å². The van der Waals surface area contributed by atoms with Crippen LogP contribution in [-0.4, -0.2) is 6.61 Å². The van der Waals surface area contributed by atoms with Crippen LogP contribution in [0.1, 0.15) is 12.8 Å². The Morgan fingerprint density at radius 3 is 3.08 bits per heavy atom. The first-order valence-corrected chi connectivity index (χ1v) is 4.19. The van der Waals surface area contributed by atoms with E-state index in [1.54, 1.807) is 6.26 Å². The molecule has 1 heterocycles. The molecule has 0 spiro atoms. The molecule has 0 aliphatic carbocycles. The summed E-state index contributed by atoms with van der Waals surface area (Å²) in [7, 11) is 0. The van der Waals surface area contributed by atoms with Crippen LogP contribution < -0.4 is 0 Å². The van der Waals surface area contributed by atoms with E-state index >= 15 is 0 Å². The molecular weight excluding hydrogens is 148 g/mol. The van der Waals surface area contributed by atoms with Gasteiger partial charge in [0.2, 0.25) is 0 Å². The van der Waals surface area contributed by atoms with E-state index in [0.717, 1.165) is 12.8 Å². The Morgan fingerprint density at radius 1 is 1.50 bits per heavy atom. The van der Waals surface area contributed by atoms with Gasteiger partial charge in [-0.05, 0) is 30.6 Å². The zero-order valence-corrected chi connectivity index (χ0v) is 7.20. The Bertz CT molecular complexity index is 221. The maximum atomic E-state index is 5.02. The standard InChI is InChI=1S/C11H14O/c1-2-3-4-5-6-11-7-9-12-10-8-11/h2,5-9H,1,3-4,10H2. The molecule has 1 nitrogen and oxygen atoms in total. The van der Waals surface area contributed by atoms with E-state index in [1.807, 2.05) is 12.2 Å². The van der Waals surface area contributed by atoms with Crippen molar-refractivity contribution in [1.29, 1.82) is 0 Å². The lowest BCUT2D eigenvalue weighted by Crippen LogP contribution is -1.89. The molecule has 0 N–H and O–H groups in total. The number of unbranched alkanes of at least 4 members (excludes halogenated alkanes) is 1. The molecule has 0 saturated heterocycles. The third kappa shape index (κ3) is 3.24. The number of rotatable bonds is 4. The van der Waals surface area contributed by atoms with Crippen molar-refractivity contribution in [3.63, 3.8) is 0 Å². The van der Waals surface area contributed by atoms with E-state index in [1.165, 1.54) is 5.57 Å². The summed E-state index contributed by atoms with van der Waals surface area (Å²) in [6, 6.07) is 0. The van der Waals surface area contributed by atoms with E-state index in [-0.39, 0.29) is 0 Å². The molecule has 0 bridgehead atoms. The monoisotopic (exact) mass is 162 g/mol. The second kappa shape index (κ2) is 5.42. The quantitative estimate of drug-likeness (QED) is 0.456. The van der Waals surface area contributed by atoms with Gasteiger partial charge in [0.1, 0.15) is 6.61 Å². The SMILES string of the molecule is C=CCCC=CC1=CCOC=C1. The van der Waals surface area contributed by atoms with Gasteiger partial charge in [0.05, 0.1) is 6.26 Å². The predicted octanol–water partition coefficient (Wildman–Crippen LogP) is 2.98. The largest absolute Gasteiger partial charge is 0.497 e. The molecule has 0 saturated carbocycles. The van der Waals surface area contributed by atoms with Crippen LogP contribution in [0.2, 0.25) is 0 Å². The minimum absolute atomic E-state index is 0.692. The fourth-order valence-corrected chi connectivity index (χ4v) is 0.952. The molecule has 0 aromatic heterocycles. The van der Waals surface area contributed by atoms with Crippen molar-refractivity contribution in [3.8, 4) is 0 Å². The fourth-order valence-electron chi connectivity index (χ4n) is 0.952. The van der Waals surface area contributed by atoms with Gasteiger partial charge in [0, 0.05) is 0 Å². The van der Waals surface area contributed by atoms with Crippen molar-refractivity contribution >= 4 is 0 Å². The Balaban J connectivity index is 2.29. The summed E-state index contributed by atoms with van der Waals surface area (Å²) in [4.78, 5) is 0. The van der Waals surface area contributed by atoms with E-state index < -0.39 is 0 Å². The molecule has 1 aliphatic rings. The predicted molar refractivity (Wildman–Crippen MR) is 51.7 cm³/mol. The highest BCUT2D eigenvalue weighted by Gasteiger charge is 1.90. The van der Waals surface area contributed by atoms with E-state index in [9.17, 15) is 0 Å². The average molecular weight is 162 g/mol. The van der Waals surface area contributed by atoms with Gasteiger partial charge in [-0.15, -0.1) is 6.58 Å². The van der Waals surface area contributed by atoms with E-state index in [4.69, 9.17) is 4.74 Å². The number of hydrogen-bond donors (Lipinski definition) is 0. The van der Waals surface area contributed by atoms with E-state index in [0.29, 0.717) is 6.61 Å². The van der Waals surface area contributed by atoms with Crippen LogP contribution in [0.25, 0.3) is 0 Å². The van der Waals surface area contributed by atoms with Crippen LogP contribution in [0.3, 0.4) is 0 Å². The van der Waals surface area contributed by atoms with Gasteiger partial charge in [-0.1, -0.05) is 18.2 Å². The van der Waals surface area contributed by atoms with Crippen LogP contribution in [0.15, 0.2) is 48.8 Å². The fraction of sp³-hybridized carbons (Fsp3) is 0.273. The molecule has 0 radical (unpaired) electrons. The maximum Gasteiger partial charge on any atom is 0.106 e. The molecule has 64 valence electrons. The zero-order valence-electron chi connectivity index (χ0n) is 7.20. The van der Waals surface area contributed by atoms with Crippen LogP contribution in [-0.2, 0) is 4.74 Å². The summed E-state index contributed by atoms with van der Waals surface area (Å²) >= 11 is 0. The third-order valence-electron chi connectivity index (χ3n) is 1.62. The normalized spacial score (nSPS) is 15.8. The number of ether oxygens (including phenoxy) is 1. The van der Waals surface area contributed by atoms with Crippen molar-refractivity contribution in [2.45, 2.75) is 12.8 Å². The summed E-state index contributed by atoms with van der Waals surface area (Å²) in [6.45, 7) is 4.35. The molecule has 0 amide bonds. The summed E-state index contributed by atoms with van der Waals surface area (Å²) in [6.07, 6.45) is 14.1. The Kier molecular flexibility index (Phi) is 4.00.